The van der Waals surface area contributed by atoms with Crippen LogP contribution < -0.4 is 10.6 Å². The van der Waals surface area contributed by atoms with Crippen LogP contribution in [0.15, 0.2) is 18.3 Å². The van der Waals surface area contributed by atoms with Crippen LogP contribution in [0.2, 0.25) is 0 Å². The Morgan fingerprint density at radius 2 is 2.00 bits per heavy atom. The first kappa shape index (κ1) is 17.2. The number of carbonyl (C=O) groups is 1. The summed E-state index contributed by atoms with van der Waals surface area (Å²) in [5.74, 6) is 0.923. The van der Waals surface area contributed by atoms with E-state index >= 15 is 0 Å². The van der Waals surface area contributed by atoms with Gasteiger partial charge >= 0.3 is 0 Å². The van der Waals surface area contributed by atoms with Gasteiger partial charge in [0.1, 0.15) is 5.82 Å². The molecule has 24 heavy (non-hydrogen) atoms. The summed E-state index contributed by atoms with van der Waals surface area (Å²) in [6.07, 6.45) is 7.39. The highest BCUT2D eigenvalue weighted by atomic mass is 16.5. The molecule has 2 N–H and O–H groups in total. The van der Waals surface area contributed by atoms with Crippen LogP contribution in [0.1, 0.15) is 32.1 Å². The molecule has 1 aromatic heterocycles. The van der Waals surface area contributed by atoms with Crippen molar-refractivity contribution in [2.45, 2.75) is 32.1 Å². The van der Waals surface area contributed by atoms with Crippen molar-refractivity contribution in [3.8, 4) is 0 Å². The minimum absolute atomic E-state index is 0.121. The smallest absolute Gasteiger partial charge is 0.228 e. The number of hydrogen-bond acceptors (Lipinski definition) is 5. The van der Waals surface area contributed by atoms with Gasteiger partial charge in [-0.1, -0.05) is 19.3 Å². The number of hydrogen-bond donors (Lipinski definition) is 2. The van der Waals surface area contributed by atoms with Crippen LogP contribution in [0.4, 0.5) is 11.5 Å². The number of rotatable bonds is 6. The van der Waals surface area contributed by atoms with Crippen molar-refractivity contribution in [3.05, 3.63) is 18.3 Å². The Hall–Kier alpha value is -1.66. The molecule has 1 aromatic rings. The van der Waals surface area contributed by atoms with Crippen LogP contribution in [-0.2, 0) is 9.53 Å². The summed E-state index contributed by atoms with van der Waals surface area (Å²) in [6.45, 7) is 5.56. The van der Waals surface area contributed by atoms with Crippen molar-refractivity contribution < 1.29 is 9.53 Å². The van der Waals surface area contributed by atoms with Crippen LogP contribution in [-0.4, -0.2) is 55.2 Å². The molecule has 3 rings (SSSR count). The SMILES string of the molecule is O=C(Nc1ccc(NCCN2CCOCC2)cn1)C1CCCCC1. The lowest BCUT2D eigenvalue weighted by Crippen LogP contribution is -2.39. The van der Waals surface area contributed by atoms with Crippen molar-refractivity contribution in [2.75, 3.05) is 50.0 Å². The van der Waals surface area contributed by atoms with Crippen LogP contribution in [0.5, 0.6) is 0 Å². The number of nitrogens with one attached hydrogen (secondary N) is 2. The van der Waals surface area contributed by atoms with Crippen LogP contribution in [0.3, 0.4) is 0 Å². The van der Waals surface area contributed by atoms with Gasteiger partial charge < -0.3 is 15.4 Å². The molecule has 0 radical (unpaired) electrons. The van der Waals surface area contributed by atoms with E-state index in [4.69, 9.17) is 4.74 Å². The summed E-state index contributed by atoms with van der Waals surface area (Å²) in [5, 5.41) is 6.32. The molecule has 1 amide bonds. The zero-order valence-electron chi connectivity index (χ0n) is 14.3. The molecule has 1 saturated carbocycles. The molecule has 2 heterocycles. The van der Waals surface area contributed by atoms with Crippen molar-refractivity contribution in [2.24, 2.45) is 5.92 Å². The first-order chi connectivity index (χ1) is 11.8. The van der Waals surface area contributed by atoms with Gasteiger partial charge in [0.25, 0.3) is 0 Å². The number of aromatic nitrogens is 1. The highest BCUT2D eigenvalue weighted by molar-refractivity contribution is 5.91. The van der Waals surface area contributed by atoms with E-state index < -0.39 is 0 Å². The van der Waals surface area contributed by atoms with Crippen molar-refractivity contribution >= 4 is 17.4 Å². The average Bonchev–Trinajstić information content (AvgIpc) is 2.65. The van der Waals surface area contributed by atoms with Crippen LogP contribution in [0.25, 0.3) is 0 Å². The Balaban J connectivity index is 1.40. The molecule has 1 aliphatic carbocycles. The van der Waals surface area contributed by atoms with E-state index in [1.54, 1.807) is 6.20 Å². The molecule has 0 unspecified atom stereocenters. The Bertz CT molecular complexity index is 508. The van der Waals surface area contributed by atoms with E-state index in [1.165, 1.54) is 6.42 Å². The molecule has 6 nitrogen and oxygen atoms in total. The Morgan fingerprint density at radius 1 is 1.21 bits per heavy atom. The van der Waals surface area contributed by atoms with E-state index in [9.17, 15) is 4.79 Å². The van der Waals surface area contributed by atoms with Crippen LogP contribution in [0, 0.1) is 5.92 Å². The second-order valence-electron chi connectivity index (χ2n) is 6.64. The van der Waals surface area contributed by atoms with Crippen molar-refractivity contribution in [1.29, 1.82) is 0 Å². The highest BCUT2D eigenvalue weighted by Gasteiger charge is 2.21. The van der Waals surface area contributed by atoms with E-state index in [-0.39, 0.29) is 11.8 Å². The maximum absolute atomic E-state index is 12.2. The van der Waals surface area contributed by atoms with Gasteiger partial charge in [-0.2, -0.15) is 0 Å². The van der Waals surface area contributed by atoms with E-state index in [1.807, 2.05) is 12.1 Å². The molecule has 2 fully saturated rings. The first-order valence-electron chi connectivity index (χ1n) is 9.12. The molecule has 2 aliphatic rings. The second-order valence-corrected chi connectivity index (χ2v) is 6.64. The fourth-order valence-corrected chi connectivity index (χ4v) is 3.35. The van der Waals surface area contributed by atoms with Gasteiger partial charge in [0.15, 0.2) is 0 Å². The second kappa shape index (κ2) is 8.99. The molecule has 1 saturated heterocycles. The lowest BCUT2D eigenvalue weighted by atomic mass is 9.89. The number of anilines is 2. The Labute approximate surface area is 144 Å². The predicted molar refractivity (Wildman–Crippen MR) is 95.2 cm³/mol. The lowest BCUT2D eigenvalue weighted by Gasteiger charge is -2.26. The monoisotopic (exact) mass is 332 g/mol. The largest absolute Gasteiger partial charge is 0.383 e. The summed E-state index contributed by atoms with van der Waals surface area (Å²) < 4.78 is 5.35. The summed E-state index contributed by atoms with van der Waals surface area (Å²) in [5.41, 5.74) is 0.985. The Morgan fingerprint density at radius 3 is 2.71 bits per heavy atom. The number of nitrogens with zero attached hydrogens (tertiary/aromatic N) is 2. The van der Waals surface area contributed by atoms with Crippen molar-refractivity contribution in [3.63, 3.8) is 0 Å². The first-order valence-corrected chi connectivity index (χ1v) is 9.12. The molecular formula is C18H28N4O2. The zero-order chi connectivity index (χ0) is 16.6. The molecule has 0 bridgehead atoms. The zero-order valence-corrected chi connectivity index (χ0v) is 14.3. The molecule has 0 atom stereocenters. The summed E-state index contributed by atoms with van der Waals surface area (Å²) in [4.78, 5) is 19.0. The van der Waals surface area contributed by atoms with Gasteiger partial charge in [-0.05, 0) is 25.0 Å². The van der Waals surface area contributed by atoms with Gasteiger partial charge in [0.2, 0.25) is 5.91 Å². The Kier molecular flexibility index (Phi) is 6.43. The van der Waals surface area contributed by atoms with Gasteiger partial charge in [0.05, 0.1) is 25.1 Å². The third-order valence-electron chi connectivity index (χ3n) is 4.85. The molecule has 132 valence electrons. The quantitative estimate of drug-likeness (QED) is 0.837. The normalized spacial score (nSPS) is 19.8. The third-order valence-corrected chi connectivity index (χ3v) is 4.85. The predicted octanol–water partition coefficient (Wildman–Crippen LogP) is 2.34. The molecule has 1 aliphatic heterocycles. The lowest BCUT2D eigenvalue weighted by molar-refractivity contribution is -0.120. The minimum Gasteiger partial charge on any atom is -0.383 e. The van der Waals surface area contributed by atoms with Crippen LogP contribution >= 0.6 is 0 Å². The van der Waals surface area contributed by atoms with Gasteiger partial charge in [0, 0.05) is 32.1 Å². The summed E-state index contributed by atoms with van der Waals surface area (Å²) in [6, 6.07) is 3.85. The van der Waals surface area contributed by atoms with E-state index in [0.29, 0.717) is 5.82 Å². The summed E-state index contributed by atoms with van der Waals surface area (Å²) in [7, 11) is 0. The summed E-state index contributed by atoms with van der Waals surface area (Å²) >= 11 is 0. The fourth-order valence-electron chi connectivity index (χ4n) is 3.35. The maximum Gasteiger partial charge on any atom is 0.228 e. The number of carbonyl (C=O) groups excluding carboxylic acids is 1. The highest BCUT2D eigenvalue weighted by Crippen LogP contribution is 2.24. The fraction of sp³-hybridized carbons (Fsp3) is 0.667. The third kappa shape index (κ3) is 5.18. The minimum atomic E-state index is 0.121. The van der Waals surface area contributed by atoms with Gasteiger partial charge in [-0.3, -0.25) is 9.69 Å². The molecule has 0 spiro atoms. The molecular weight excluding hydrogens is 304 g/mol. The molecule has 6 heteroatoms. The van der Waals surface area contributed by atoms with Crippen molar-refractivity contribution in [1.82, 2.24) is 9.88 Å². The topological polar surface area (TPSA) is 66.5 Å². The van der Waals surface area contributed by atoms with Gasteiger partial charge in [-0.25, -0.2) is 4.98 Å². The average molecular weight is 332 g/mol. The van der Waals surface area contributed by atoms with Gasteiger partial charge in [-0.15, -0.1) is 0 Å². The number of pyridine rings is 1. The standard InChI is InChI=1S/C18H28N4O2/c23-18(15-4-2-1-3-5-15)21-17-7-6-16(14-20-17)19-8-9-22-10-12-24-13-11-22/h6-7,14-15,19H,1-5,8-13H2,(H,20,21,23). The molecule has 0 aromatic carbocycles. The number of ether oxygens (including phenoxy) is 1. The number of amides is 1. The maximum atomic E-state index is 12.2. The van der Waals surface area contributed by atoms with E-state index in [0.717, 1.165) is 70.8 Å². The number of morpholine rings is 1. The van der Waals surface area contributed by atoms with E-state index in [2.05, 4.69) is 20.5 Å².